The number of aryl methyl sites for hydroxylation is 2. The summed E-state index contributed by atoms with van der Waals surface area (Å²) in [6.45, 7) is 4.03. The number of hydrogen-bond donors (Lipinski definition) is 2. The first-order valence-electron chi connectivity index (χ1n) is 6.41. The van der Waals surface area contributed by atoms with Crippen LogP contribution in [0.1, 0.15) is 11.1 Å². The summed E-state index contributed by atoms with van der Waals surface area (Å²) >= 11 is 5.85. The third-order valence-electron chi connectivity index (χ3n) is 2.80. The summed E-state index contributed by atoms with van der Waals surface area (Å²) in [6.07, 6.45) is 1.55. The van der Waals surface area contributed by atoms with Crippen molar-refractivity contribution in [2.45, 2.75) is 13.8 Å². The van der Waals surface area contributed by atoms with Crippen LogP contribution in [0.5, 0.6) is 5.75 Å². The highest BCUT2D eigenvalue weighted by Gasteiger charge is 2.06. The van der Waals surface area contributed by atoms with Crippen molar-refractivity contribution in [3.05, 3.63) is 52.8 Å². The zero-order valence-corrected chi connectivity index (χ0v) is 12.6. The van der Waals surface area contributed by atoms with E-state index in [1.54, 1.807) is 18.3 Å². The predicted octanol–water partition coefficient (Wildman–Crippen LogP) is 3.51. The third kappa shape index (κ3) is 4.36. The second-order valence-corrected chi connectivity index (χ2v) is 4.89. The van der Waals surface area contributed by atoms with Gasteiger partial charge >= 0.3 is 6.03 Å². The van der Waals surface area contributed by atoms with Gasteiger partial charge in [-0.15, -0.1) is 0 Å². The Morgan fingerprint density at radius 1 is 1.33 bits per heavy atom. The van der Waals surface area contributed by atoms with Gasteiger partial charge in [0.2, 0.25) is 0 Å². The lowest BCUT2D eigenvalue weighted by molar-refractivity contribution is 0.234. The van der Waals surface area contributed by atoms with Gasteiger partial charge in [0.25, 0.3) is 0 Å². The summed E-state index contributed by atoms with van der Waals surface area (Å²) in [7, 11) is 0. The number of aromatic nitrogens is 1. The molecule has 2 amide bonds. The van der Waals surface area contributed by atoms with Crippen LogP contribution in [-0.2, 0) is 0 Å². The van der Waals surface area contributed by atoms with E-state index in [0.717, 1.165) is 16.9 Å². The summed E-state index contributed by atoms with van der Waals surface area (Å²) < 4.78 is 5.51. The smallest absolute Gasteiger partial charge is 0.321 e. The molecule has 110 valence electrons. The number of pyridine rings is 1. The molecule has 0 atom stereocenters. The second kappa shape index (κ2) is 6.95. The van der Waals surface area contributed by atoms with Gasteiger partial charge in [-0.05, 0) is 37.6 Å². The summed E-state index contributed by atoms with van der Waals surface area (Å²) in [4.78, 5) is 15.6. The second-order valence-electron chi connectivity index (χ2n) is 4.53. The molecule has 0 radical (unpaired) electrons. The van der Waals surface area contributed by atoms with Crippen molar-refractivity contribution in [2.75, 3.05) is 12.0 Å². The lowest BCUT2D eigenvalue weighted by atomic mass is 10.1. The minimum atomic E-state index is -0.408. The Morgan fingerprint density at radius 3 is 2.86 bits per heavy atom. The SMILES string of the molecule is Cc1ccc(OCNC(=O)Nc2cccnc2Cl)c(C)c1. The first-order valence-corrected chi connectivity index (χ1v) is 6.79. The molecule has 1 aromatic carbocycles. The van der Waals surface area contributed by atoms with Gasteiger partial charge in [0.1, 0.15) is 5.75 Å². The summed E-state index contributed by atoms with van der Waals surface area (Å²) in [5, 5.41) is 5.42. The molecule has 0 aliphatic rings. The van der Waals surface area contributed by atoms with Crippen LogP contribution < -0.4 is 15.4 Å². The lowest BCUT2D eigenvalue weighted by Gasteiger charge is -2.11. The van der Waals surface area contributed by atoms with E-state index in [1.165, 1.54) is 0 Å². The molecule has 21 heavy (non-hydrogen) atoms. The van der Waals surface area contributed by atoms with E-state index < -0.39 is 6.03 Å². The summed E-state index contributed by atoms with van der Waals surface area (Å²) in [5.74, 6) is 0.736. The van der Waals surface area contributed by atoms with Gasteiger partial charge in [0.05, 0.1) is 5.69 Å². The molecular weight excluding hydrogens is 290 g/mol. The zero-order chi connectivity index (χ0) is 15.2. The molecule has 2 N–H and O–H groups in total. The van der Waals surface area contributed by atoms with Gasteiger partial charge in [-0.2, -0.15) is 0 Å². The number of benzene rings is 1. The number of carbonyl (C=O) groups excluding carboxylic acids is 1. The van der Waals surface area contributed by atoms with Crippen LogP contribution in [-0.4, -0.2) is 17.7 Å². The Hall–Kier alpha value is -2.27. The van der Waals surface area contributed by atoms with E-state index in [-0.39, 0.29) is 11.9 Å². The zero-order valence-electron chi connectivity index (χ0n) is 11.8. The topological polar surface area (TPSA) is 63.2 Å². The van der Waals surface area contributed by atoms with Crippen LogP contribution in [0.3, 0.4) is 0 Å². The minimum Gasteiger partial charge on any atom is -0.473 e. The molecule has 2 aromatic rings. The number of ether oxygens (including phenoxy) is 1. The molecule has 0 saturated carbocycles. The normalized spacial score (nSPS) is 10.0. The van der Waals surface area contributed by atoms with Crippen LogP contribution in [0.2, 0.25) is 5.15 Å². The fourth-order valence-electron chi connectivity index (χ4n) is 1.79. The molecule has 1 aromatic heterocycles. The highest BCUT2D eigenvalue weighted by atomic mass is 35.5. The Bertz CT molecular complexity index is 647. The molecule has 0 fully saturated rings. The maximum absolute atomic E-state index is 11.7. The molecule has 2 rings (SSSR count). The van der Waals surface area contributed by atoms with Crippen molar-refractivity contribution in [1.82, 2.24) is 10.3 Å². The Labute approximate surface area is 128 Å². The average molecular weight is 306 g/mol. The fourth-order valence-corrected chi connectivity index (χ4v) is 1.95. The number of amides is 2. The first-order chi connectivity index (χ1) is 10.1. The fraction of sp³-hybridized carbons (Fsp3) is 0.200. The first kappa shape index (κ1) is 15.1. The number of nitrogens with one attached hydrogen (secondary N) is 2. The molecule has 0 spiro atoms. The van der Waals surface area contributed by atoms with Crippen molar-refractivity contribution in [1.29, 1.82) is 0 Å². The van der Waals surface area contributed by atoms with Crippen molar-refractivity contribution >= 4 is 23.3 Å². The van der Waals surface area contributed by atoms with E-state index in [9.17, 15) is 4.79 Å². The summed E-state index contributed by atoms with van der Waals surface area (Å²) in [5.41, 5.74) is 2.63. The third-order valence-corrected chi connectivity index (χ3v) is 3.10. The van der Waals surface area contributed by atoms with Gasteiger partial charge in [0.15, 0.2) is 11.9 Å². The van der Waals surface area contributed by atoms with Gasteiger partial charge in [0, 0.05) is 6.20 Å². The van der Waals surface area contributed by atoms with Gasteiger partial charge < -0.3 is 15.4 Å². The lowest BCUT2D eigenvalue weighted by Crippen LogP contribution is -2.32. The molecule has 5 nitrogen and oxygen atoms in total. The Morgan fingerprint density at radius 2 is 2.14 bits per heavy atom. The summed E-state index contributed by atoms with van der Waals surface area (Å²) in [6, 6.07) is 8.80. The predicted molar refractivity (Wildman–Crippen MR) is 82.8 cm³/mol. The van der Waals surface area contributed by atoms with Crippen molar-refractivity contribution in [2.24, 2.45) is 0 Å². The quantitative estimate of drug-likeness (QED) is 0.671. The average Bonchev–Trinajstić information content (AvgIpc) is 2.44. The Kier molecular flexibility index (Phi) is 5.00. The monoisotopic (exact) mass is 305 g/mol. The maximum atomic E-state index is 11.7. The van der Waals surface area contributed by atoms with Crippen LogP contribution >= 0.6 is 11.6 Å². The standard InChI is InChI=1S/C15H16ClN3O2/c1-10-5-6-13(11(2)8-10)21-9-18-15(20)19-12-4-3-7-17-14(12)16/h3-8H,9H2,1-2H3,(H2,18,19,20). The van der Waals surface area contributed by atoms with Crippen LogP contribution in [0.4, 0.5) is 10.5 Å². The van der Waals surface area contributed by atoms with E-state index >= 15 is 0 Å². The van der Waals surface area contributed by atoms with Crippen LogP contribution in [0.15, 0.2) is 36.5 Å². The van der Waals surface area contributed by atoms with Gasteiger partial charge in [-0.3, -0.25) is 0 Å². The number of rotatable bonds is 4. The van der Waals surface area contributed by atoms with Crippen molar-refractivity contribution in [3.63, 3.8) is 0 Å². The molecule has 0 aliphatic heterocycles. The largest absolute Gasteiger partial charge is 0.473 e. The Balaban J connectivity index is 1.83. The van der Waals surface area contributed by atoms with E-state index in [4.69, 9.17) is 16.3 Å². The van der Waals surface area contributed by atoms with E-state index in [1.807, 2.05) is 32.0 Å². The van der Waals surface area contributed by atoms with E-state index in [2.05, 4.69) is 15.6 Å². The van der Waals surface area contributed by atoms with Crippen molar-refractivity contribution in [3.8, 4) is 5.75 Å². The molecule has 0 bridgehead atoms. The van der Waals surface area contributed by atoms with Crippen LogP contribution in [0, 0.1) is 13.8 Å². The number of carbonyl (C=O) groups is 1. The number of nitrogens with zero attached hydrogens (tertiary/aromatic N) is 1. The van der Waals surface area contributed by atoms with Crippen LogP contribution in [0.25, 0.3) is 0 Å². The number of anilines is 1. The minimum absolute atomic E-state index is 0.0631. The highest BCUT2D eigenvalue weighted by molar-refractivity contribution is 6.32. The molecule has 0 aliphatic carbocycles. The highest BCUT2D eigenvalue weighted by Crippen LogP contribution is 2.18. The molecule has 0 unspecified atom stereocenters. The number of halogens is 1. The van der Waals surface area contributed by atoms with Gasteiger partial charge in [-0.25, -0.2) is 9.78 Å². The number of hydrogen-bond acceptors (Lipinski definition) is 3. The maximum Gasteiger partial charge on any atom is 0.321 e. The van der Waals surface area contributed by atoms with E-state index in [0.29, 0.717) is 5.69 Å². The number of urea groups is 1. The van der Waals surface area contributed by atoms with Crippen molar-refractivity contribution < 1.29 is 9.53 Å². The molecule has 0 saturated heterocycles. The molecule has 1 heterocycles. The van der Waals surface area contributed by atoms with Gasteiger partial charge in [-0.1, -0.05) is 29.3 Å². The molecular formula is C15H16ClN3O2. The molecule has 6 heteroatoms.